The van der Waals surface area contributed by atoms with Crippen LogP contribution in [0.2, 0.25) is 0 Å². The number of para-hydroxylation sites is 2. The van der Waals surface area contributed by atoms with E-state index in [-0.39, 0.29) is 11.8 Å². The van der Waals surface area contributed by atoms with Gasteiger partial charge in [-0.25, -0.2) is 4.98 Å². The molecule has 2 heterocycles. The number of imidazole rings is 1. The minimum absolute atomic E-state index is 0.0196. The Labute approximate surface area is 202 Å². The molecule has 1 aromatic heterocycles. The van der Waals surface area contributed by atoms with Crippen molar-refractivity contribution in [2.24, 2.45) is 0 Å². The van der Waals surface area contributed by atoms with Crippen LogP contribution in [0.3, 0.4) is 0 Å². The molecule has 0 spiro atoms. The summed E-state index contributed by atoms with van der Waals surface area (Å²) in [7, 11) is 0. The Bertz CT molecular complexity index is 1100. The first-order chi connectivity index (χ1) is 16.6. The summed E-state index contributed by atoms with van der Waals surface area (Å²) in [5.74, 6) is 1.16. The molecule has 0 bridgehead atoms. The number of likely N-dealkylation sites (tertiary alicyclic amines) is 1. The third-order valence-corrected chi connectivity index (χ3v) is 6.66. The van der Waals surface area contributed by atoms with Gasteiger partial charge < -0.3 is 14.8 Å². The Hall–Kier alpha value is -3.15. The van der Waals surface area contributed by atoms with Crippen molar-refractivity contribution in [2.75, 3.05) is 19.6 Å². The number of nitrogens with zero attached hydrogens (tertiary/aromatic N) is 3. The Morgan fingerprint density at radius 3 is 2.41 bits per heavy atom. The van der Waals surface area contributed by atoms with Gasteiger partial charge in [-0.05, 0) is 56.9 Å². The lowest BCUT2D eigenvalue weighted by Crippen LogP contribution is -2.34. The minimum Gasteiger partial charge on any atom is -0.352 e. The van der Waals surface area contributed by atoms with Crippen LogP contribution in [0.25, 0.3) is 11.0 Å². The van der Waals surface area contributed by atoms with Crippen LogP contribution in [0.15, 0.2) is 48.5 Å². The second kappa shape index (κ2) is 11.8. The summed E-state index contributed by atoms with van der Waals surface area (Å²) in [6, 6.07) is 15.7. The summed E-state index contributed by atoms with van der Waals surface area (Å²) < 4.78 is 2.11. The molecule has 0 saturated carbocycles. The van der Waals surface area contributed by atoms with E-state index in [4.69, 9.17) is 4.98 Å². The van der Waals surface area contributed by atoms with E-state index in [0.717, 1.165) is 74.0 Å². The van der Waals surface area contributed by atoms with Crippen molar-refractivity contribution in [3.8, 4) is 0 Å². The van der Waals surface area contributed by atoms with Gasteiger partial charge in [0.05, 0.1) is 11.0 Å². The zero-order chi connectivity index (χ0) is 23.8. The van der Waals surface area contributed by atoms with E-state index in [9.17, 15) is 9.59 Å². The predicted molar refractivity (Wildman–Crippen MR) is 136 cm³/mol. The molecule has 0 unspecified atom stereocenters. The van der Waals surface area contributed by atoms with Crippen molar-refractivity contribution in [3.63, 3.8) is 0 Å². The zero-order valence-electron chi connectivity index (χ0n) is 20.3. The van der Waals surface area contributed by atoms with E-state index in [0.29, 0.717) is 18.7 Å². The molecule has 1 saturated heterocycles. The first kappa shape index (κ1) is 24.0. The second-order valence-electron chi connectivity index (χ2n) is 9.33. The molecule has 6 heteroatoms. The molecule has 1 fully saturated rings. The van der Waals surface area contributed by atoms with Crippen molar-refractivity contribution in [1.29, 1.82) is 0 Å². The quantitative estimate of drug-likeness (QED) is 0.462. The van der Waals surface area contributed by atoms with E-state index in [1.807, 2.05) is 54.3 Å². The van der Waals surface area contributed by atoms with Gasteiger partial charge in [-0.3, -0.25) is 9.59 Å². The van der Waals surface area contributed by atoms with Gasteiger partial charge in [0.2, 0.25) is 5.91 Å². The van der Waals surface area contributed by atoms with Gasteiger partial charge in [-0.2, -0.15) is 0 Å². The number of hydrogen-bond acceptors (Lipinski definition) is 3. The van der Waals surface area contributed by atoms with Crippen molar-refractivity contribution >= 4 is 22.8 Å². The highest BCUT2D eigenvalue weighted by atomic mass is 16.2. The summed E-state index contributed by atoms with van der Waals surface area (Å²) in [5, 5.41) is 3.01. The summed E-state index contributed by atoms with van der Waals surface area (Å²) >= 11 is 0. The largest absolute Gasteiger partial charge is 0.352 e. The monoisotopic (exact) mass is 460 g/mol. The highest BCUT2D eigenvalue weighted by molar-refractivity contribution is 5.94. The number of unbranched alkanes of at least 4 members (excludes halogenated alkanes) is 2. The van der Waals surface area contributed by atoms with Gasteiger partial charge in [0.25, 0.3) is 5.91 Å². The smallest absolute Gasteiger partial charge is 0.251 e. The SMILES string of the molecule is Cc1ccc(C(=O)NCCCCCc2nc3ccccc3n2CC(=O)N2CCCCCC2)cc1. The van der Waals surface area contributed by atoms with Crippen molar-refractivity contribution in [1.82, 2.24) is 19.8 Å². The Morgan fingerprint density at radius 1 is 0.912 bits per heavy atom. The van der Waals surface area contributed by atoms with Gasteiger partial charge >= 0.3 is 0 Å². The molecule has 1 aliphatic heterocycles. The first-order valence-corrected chi connectivity index (χ1v) is 12.7. The highest BCUT2D eigenvalue weighted by Crippen LogP contribution is 2.19. The molecule has 4 rings (SSSR count). The number of aryl methyl sites for hydroxylation is 2. The summed E-state index contributed by atoms with van der Waals surface area (Å²) in [5.41, 5.74) is 3.83. The summed E-state index contributed by atoms with van der Waals surface area (Å²) in [6.07, 6.45) is 8.36. The molecule has 2 aromatic carbocycles. The molecular formula is C28H36N4O2. The van der Waals surface area contributed by atoms with Crippen LogP contribution in [0.1, 0.15) is 66.7 Å². The first-order valence-electron chi connectivity index (χ1n) is 12.7. The highest BCUT2D eigenvalue weighted by Gasteiger charge is 2.19. The van der Waals surface area contributed by atoms with E-state index in [1.54, 1.807) is 0 Å². The molecule has 1 aliphatic rings. The lowest BCUT2D eigenvalue weighted by atomic mass is 10.1. The van der Waals surface area contributed by atoms with Crippen LogP contribution in [0, 0.1) is 6.92 Å². The van der Waals surface area contributed by atoms with Gasteiger partial charge in [0.15, 0.2) is 0 Å². The number of carbonyl (C=O) groups excluding carboxylic acids is 2. The van der Waals surface area contributed by atoms with E-state index in [1.165, 1.54) is 12.8 Å². The molecule has 6 nitrogen and oxygen atoms in total. The molecule has 34 heavy (non-hydrogen) atoms. The minimum atomic E-state index is -0.0196. The predicted octanol–water partition coefficient (Wildman–Crippen LogP) is 4.89. The molecule has 0 radical (unpaired) electrons. The number of hydrogen-bond donors (Lipinski definition) is 1. The van der Waals surface area contributed by atoms with Crippen molar-refractivity contribution in [2.45, 2.75) is 64.8 Å². The van der Waals surface area contributed by atoms with Crippen LogP contribution in [0.5, 0.6) is 0 Å². The van der Waals surface area contributed by atoms with Crippen LogP contribution in [-0.2, 0) is 17.8 Å². The number of rotatable bonds is 9. The van der Waals surface area contributed by atoms with Crippen LogP contribution in [-0.4, -0.2) is 45.9 Å². The third kappa shape index (κ3) is 6.25. The molecular weight excluding hydrogens is 424 g/mol. The second-order valence-corrected chi connectivity index (χ2v) is 9.33. The van der Waals surface area contributed by atoms with Crippen molar-refractivity contribution in [3.05, 3.63) is 65.5 Å². The van der Waals surface area contributed by atoms with Crippen molar-refractivity contribution < 1.29 is 9.59 Å². The average molecular weight is 461 g/mol. The molecule has 3 aromatic rings. The lowest BCUT2D eigenvalue weighted by Gasteiger charge is -2.21. The van der Waals surface area contributed by atoms with Crippen LogP contribution < -0.4 is 5.32 Å². The fraction of sp³-hybridized carbons (Fsp3) is 0.464. The zero-order valence-corrected chi connectivity index (χ0v) is 20.3. The van der Waals surface area contributed by atoms with Crippen LogP contribution >= 0.6 is 0 Å². The average Bonchev–Trinajstić information content (AvgIpc) is 3.00. The van der Waals surface area contributed by atoms with E-state index >= 15 is 0 Å². The molecule has 0 atom stereocenters. The number of benzene rings is 2. The third-order valence-electron chi connectivity index (χ3n) is 6.66. The normalized spacial score (nSPS) is 14.2. The summed E-state index contributed by atoms with van der Waals surface area (Å²) in [4.78, 5) is 32.2. The number of amides is 2. The van der Waals surface area contributed by atoms with Gasteiger partial charge in [0.1, 0.15) is 12.4 Å². The number of fused-ring (bicyclic) bond motifs is 1. The molecule has 180 valence electrons. The maximum atomic E-state index is 13.1. The maximum Gasteiger partial charge on any atom is 0.251 e. The number of aromatic nitrogens is 2. The molecule has 1 N–H and O–H groups in total. The molecule has 2 amide bonds. The number of carbonyl (C=O) groups is 2. The van der Waals surface area contributed by atoms with Gasteiger partial charge in [-0.1, -0.05) is 49.1 Å². The Balaban J connectivity index is 1.29. The lowest BCUT2D eigenvalue weighted by molar-refractivity contribution is -0.131. The van der Waals surface area contributed by atoms with Gasteiger partial charge in [0, 0.05) is 31.6 Å². The Kier molecular flexibility index (Phi) is 8.34. The standard InChI is InChI=1S/C28H36N4O2/c1-22-14-16-23(17-15-22)28(34)29-18-8-4-5-13-26-30-24-11-6-7-12-25(24)32(26)21-27(33)31-19-9-2-3-10-20-31/h6-7,11-12,14-17H,2-5,8-10,13,18-21H2,1H3,(H,29,34). The summed E-state index contributed by atoms with van der Waals surface area (Å²) in [6.45, 7) is 4.78. The fourth-order valence-electron chi connectivity index (χ4n) is 4.64. The Morgan fingerprint density at radius 2 is 1.65 bits per heavy atom. The van der Waals surface area contributed by atoms with Crippen LogP contribution in [0.4, 0.5) is 0 Å². The fourth-order valence-corrected chi connectivity index (χ4v) is 4.64. The topological polar surface area (TPSA) is 67.2 Å². The van der Waals surface area contributed by atoms with Gasteiger partial charge in [-0.15, -0.1) is 0 Å². The maximum absolute atomic E-state index is 13.1. The molecule has 0 aliphatic carbocycles. The number of nitrogens with one attached hydrogen (secondary N) is 1. The van der Waals surface area contributed by atoms with E-state index in [2.05, 4.69) is 16.0 Å². The van der Waals surface area contributed by atoms with E-state index < -0.39 is 0 Å².